The van der Waals surface area contributed by atoms with Gasteiger partial charge >= 0.3 is 0 Å². The Hall–Kier alpha value is -2.19. The van der Waals surface area contributed by atoms with E-state index in [1.807, 2.05) is 11.8 Å². The Morgan fingerprint density at radius 3 is 2.41 bits per heavy atom. The third-order valence-electron chi connectivity index (χ3n) is 4.07. The van der Waals surface area contributed by atoms with E-state index in [4.69, 9.17) is 4.74 Å². The highest BCUT2D eigenvalue weighted by molar-refractivity contribution is 7.99. The fourth-order valence-corrected chi connectivity index (χ4v) is 4.12. The van der Waals surface area contributed by atoms with Crippen molar-refractivity contribution in [1.29, 1.82) is 0 Å². The summed E-state index contributed by atoms with van der Waals surface area (Å²) in [5.74, 6) is 0.949. The zero-order valence-electron chi connectivity index (χ0n) is 12.4. The number of methoxy groups -OCH3 is 1. The van der Waals surface area contributed by atoms with Crippen LogP contribution in [-0.2, 0) is 6.42 Å². The van der Waals surface area contributed by atoms with Crippen LogP contribution >= 0.6 is 11.8 Å². The molecule has 0 aliphatic carbocycles. The summed E-state index contributed by atoms with van der Waals surface area (Å²) in [5.41, 5.74) is 5.21. The minimum absolute atomic E-state index is 0.949. The number of hydrogen-bond donors (Lipinski definition) is 0. The Bertz CT molecular complexity index is 824. The van der Waals surface area contributed by atoms with Gasteiger partial charge in [0.1, 0.15) is 5.75 Å². The first kappa shape index (κ1) is 13.5. The van der Waals surface area contributed by atoms with E-state index in [2.05, 4.69) is 66.7 Å². The molecule has 0 saturated carbocycles. The van der Waals surface area contributed by atoms with E-state index < -0.39 is 0 Å². The maximum atomic E-state index is 5.64. The predicted molar refractivity (Wildman–Crippen MR) is 91.8 cm³/mol. The summed E-state index contributed by atoms with van der Waals surface area (Å²) in [6.07, 6.45) is 0.958. The molecule has 3 aromatic rings. The molecule has 1 aliphatic rings. The van der Waals surface area contributed by atoms with E-state index in [0.29, 0.717) is 0 Å². The second kappa shape index (κ2) is 5.54. The van der Waals surface area contributed by atoms with Gasteiger partial charge in [-0.3, -0.25) is 0 Å². The number of rotatable bonds is 2. The van der Waals surface area contributed by atoms with Crippen molar-refractivity contribution >= 4 is 11.8 Å². The molecule has 3 aromatic carbocycles. The highest BCUT2D eigenvalue weighted by Gasteiger charge is 2.21. The maximum Gasteiger partial charge on any atom is 0.127 e. The van der Waals surface area contributed by atoms with Crippen molar-refractivity contribution < 1.29 is 4.74 Å². The highest BCUT2D eigenvalue weighted by Crippen LogP contribution is 2.46. The lowest BCUT2D eigenvalue weighted by atomic mass is 9.93. The van der Waals surface area contributed by atoms with Crippen LogP contribution < -0.4 is 4.74 Å². The zero-order valence-corrected chi connectivity index (χ0v) is 13.2. The van der Waals surface area contributed by atoms with E-state index in [1.54, 1.807) is 7.11 Å². The van der Waals surface area contributed by atoms with Crippen molar-refractivity contribution in [3.05, 3.63) is 77.9 Å². The van der Waals surface area contributed by atoms with Crippen LogP contribution in [0.2, 0.25) is 0 Å². The Balaban J connectivity index is 1.92. The number of ether oxygens (including phenoxy) is 1. The summed E-state index contributed by atoms with van der Waals surface area (Å²) in [6.45, 7) is 0. The second-order valence-electron chi connectivity index (χ2n) is 5.37. The zero-order chi connectivity index (χ0) is 14.9. The molecule has 0 spiro atoms. The third-order valence-corrected chi connectivity index (χ3v) is 5.29. The molecular weight excluding hydrogens is 288 g/mol. The van der Waals surface area contributed by atoms with Gasteiger partial charge in [0.2, 0.25) is 0 Å². The molecule has 0 saturated heterocycles. The first-order chi connectivity index (χ1) is 10.9. The van der Waals surface area contributed by atoms with Gasteiger partial charge in [0.05, 0.1) is 7.11 Å². The molecular formula is C20H16OS. The van der Waals surface area contributed by atoms with Gasteiger partial charge < -0.3 is 4.74 Å². The van der Waals surface area contributed by atoms with Crippen molar-refractivity contribution in [1.82, 2.24) is 0 Å². The first-order valence-electron chi connectivity index (χ1n) is 7.38. The van der Waals surface area contributed by atoms with Crippen molar-refractivity contribution in [3.8, 4) is 16.9 Å². The Morgan fingerprint density at radius 1 is 0.818 bits per heavy atom. The summed E-state index contributed by atoms with van der Waals surface area (Å²) < 4.78 is 5.64. The highest BCUT2D eigenvalue weighted by atomic mass is 32.2. The normalized spacial score (nSPS) is 12.4. The van der Waals surface area contributed by atoms with Gasteiger partial charge in [-0.2, -0.15) is 0 Å². The molecule has 0 aromatic heterocycles. The fraction of sp³-hybridized carbons (Fsp3) is 0.100. The molecule has 0 N–H and O–H groups in total. The lowest BCUT2D eigenvalue weighted by Gasteiger charge is -2.23. The SMILES string of the molecule is COc1ccc2c(c1-c1ccccc1)Cc1ccccc1S2. The summed E-state index contributed by atoms with van der Waals surface area (Å²) >= 11 is 1.85. The molecule has 0 atom stereocenters. The van der Waals surface area contributed by atoms with Crippen LogP contribution in [0.5, 0.6) is 5.75 Å². The number of benzene rings is 3. The van der Waals surface area contributed by atoms with Gasteiger partial charge in [0.15, 0.2) is 0 Å². The fourth-order valence-electron chi connectivity index (χ4n) is 3.03. The Labute approximate surface area is 135 Å². The maximum absolute atomic E-state index is 5.64. The molecule has 0 fully saturated rings. The van der Waals surface area contributed by atoms with Crippen molar-refractivity contribution in [2.24, 2.45) is 0 Å². The third kappa shape index (κ3) is 2.20. The molecule has 4 rings (SSSR count). The summed E-state index contributed by atoms with van der Waals surface area (Å²) in [6, 6.07) is 23.4. The molecule has 1 aliphatic heterocycles. The first-order valence-corrected chi connectivity index (χ1v) is 8.19. The summed E-state index contributed by atoms with van der Waals surface area (Å²) in [7, 11) is 1.75. The van der Waals surface area contributed by atoms with E-state index >= 15 is 0 Å². The number of fused-ring (bicyclic) bond motifs is 2. The second-order valence-corrected chi connectivity index (χ2v) is 6.46. The quantitative estimate of drug-likeness (QED) is 0.489. The average molecular weight is 304 g/mol. The van der Waals surface area contributed by atoms with Crippen molar-refractivity contribution in [3.63, 3.8) is 0 Å². The minimum atomic E-state index is 0.949. The standard InChI is InChI=1S/C20H16OS/c1-21-17-11-12-19-16(20(17)14-7-3-2-4-8-14)13-15-9-5-6-10-18(15)22-19/h2-12H,13H2,1H3. The van der Waals surface area contributed by atoms with Crippen LogP contribution in [0.15, 0.2) is 76.5 Å². The minimum Gasteiger partial charge on any atom is -0.496 e. The van der Waals surface area contributed by atoms with Gasteiger partial charge in [-0.15, -0.1) is 0 Å². The molecule has 1 nitrogen and oxygen atoms in total. The Morgan fingerprint density at radius 2 is 1.59 bits per heavy atom. The predicted octanol–water partition coefficient (Wildman–Crippen LogP) is 5.42. The lowest BCUT2D eigenvalue weighted by Crippen LogP contribution is -2.03. The van der Waals surface area contributed by atoms with Crippen LogP contribution in [0.3, 0.4) is 0 Å². The van der Waals surface area contributed by atoms with Crippen molar-refractivity contribution in [2.75, 3.05) is 7.11 Å². The molecule has 0 amide bonds. The monoisotopic (exact) mass is 304 g/mol. The van der Waals surface area contributed by atoms with E-state index in [-0.39, 0.29) is 0 Å². The lowest BCUT2D eigenvalue weighted by molar-refractivity contribution is 0.415. The van der Waals surface area contributed by atoms with E-state index in [1.165, 1.54) is 32.0 Å². The summed E-state index contributed by atoms with van der Waals surface area (Å²) in [5, 5.41) is 0. The largest absolute Gasteiger partial charge is 0.496 e. The van der Waals surface area contributed by atoms with Crippen molar-refractivity contribution in [2.45, 2.75) is 16.2 Å². The molecule has 108 valence electrons. The Kier molecular flexibility index (Phi) is 3.39. The molecule has 1 heterocycles. The molecule has 0 radical (unpaired) electrons. The molecule has 2 heteroatoms. The van der Waals surface area contributed by atoms with Gasteiger partial charge in [-0.05, 0) is 34.9 Å². The van der Waals surface area contributed by atoms with Gasteiger partial charge in [-0.25, -0.2) is 0 Å². The van der Waals surface area contributed by atoms with Crippen LogP contribution in [0.4, 0.5) is 0 Å². The van der Waals surface area contributed by atoms with E-state index in [9.17, 15) is 0 Å². The van der Waals surface area contributed by atoms with Gasteiger partial charge in [0, 0.05) is 21.8 Å². The van der Waals surface area contributed by atoms with Crippen LogP contribution in [-0.4, -0.2) is 7.11 Å². The topological polar surface area (TPSA) is 9.23 Å². The van der Waals surface area contributed by atoms with Crippen LogP contribution in [0, 0.1) is 0 Å². The van der Waals surface area contributed by atoms with Crippen LogP contribution in [0.1, 0.15) is 11.1 Å². The number of hydrogen-bond acceptors (Lipinski definition) is 2. The molecule has 0 unspecified atom stereocenters. The van der Waals surface area contributed by atoms with Crippen LogP contribution in [0.25, 0.3) is 11.1 Å². The van der Waals surface area contributed by atoms with Gasteiger partial charge in [0.25, 0.3) is 0 Å². The smallest absolute Gasteiger partial charge is 0.127 e. The van der Waals surface area contributed by atoms with Gasteiger partial charge in [-0.1, -0.05) is 60.3 Å². The molecule has 0 bridgehead atoms. The molecule has 22 heavy (non-hydrogen) atoms. The van der Waals surface area contributed by atoms with E-state index in [0.717, 1.165) is 12.2 Å². The summed E-state index contributed by atoms with van der Waals surface area (Å²) in [4.78, 5) is 2.69. The average Bonchev–Trinajstić information content (AvgIpc) is 2.59.